The van der Waals surface area contributed by atoms with Gasteiger partial charge in [-0.1, -0.05) is 81.4 Å². The molecule has 2 aromatic carbocycles. The maximum absolute atomic E-state index is 13.7. The molecule has 0 saturated carbocycles. The Morgan fingerprint density at radius 2 is 1.81 bits per heavy atom. The van der Waals surface area contributed by atoms with Gasteiger partial charge in [0, 0.05) is 24.0 Å². The van der Waals surface area contributed by atoms with E-state index in [1.807, 2.05) is 35.2 Å². The number of hydrogen-bond donors (Lipinski definition) is 0. The molecule has 1 aliphatic rings. The van der Waals surface area contributed by atoms with Crippen molar-refractivity contribution in [2.24, 2.45) is 0 Å². The second-order valence-electron chi connectivity index (χ2n) is 10.2. The van der Waals surface area contributed by atoms with Crippen molar-refractivity contribution in [3.05, 3.63) is 112 Å². The zero-order chi connectivity index (χ0) is 25.7. The summed E-state index contributed by atoms with van der Waals surface area (Å²) in [5, 5.41) is 2.11. The first-order valence-corrected chi connectivity index (χ1v) is 13.2. The SMILES string of the molecule is C=CCN(CC(=O)N1CCc2sccc2[C@H]1c1ccc(C(C)(C)C)cc1)C(=O)/C=C/c1ccccc1. The van der Waals surface area contributed by atoms with Crippen LogP contribution in [-0.4, -0.2) is 41.2 Å². The van der Waals surface area contributed by atoms with Crippen molar-refractivity contribution in [1.82, 2.24) is 9.80 Å². The van der Waals surface area contributed by atoms with Gasteiger partial charge in [0.05, 0.1) is 6.04 Å². The second-order valence-corrected chi connectivity index (χ2v) is 11.2. The minimum absolute atomic E-state index is 0.0139. The van der Waals surface area contributed by atoms with E-state index in [1.54, 1.807) is 28.4 Å². The molecule has 2 amide bonds. The number of fused-ring (bicyclic) bond motifs is 1. The number of benzene rings is 2. The monoisotopic (exact) mass is 498 g/mol. The van der Waals surface area contributed by atoms with Gasteiger partial charge >= 0.3 is 0 Å². The minimum atomic E-state index is -0.202. The van der Waals surface area contributed by atoms with E-state index < -0.39 is 0 Å². The maximum atomic E-state index is 13.7. The van der Waals surface area contributed by atoms with Gasteiger partial charge in [-0.2, -0.15) is 0 Å². The molecule has 0 unspecified atom stereocenters. The molecule has 4 rings (SSSR count). The molecule has 5 heteroatoms. The topological polar surface area (TPSA) is 40.6 Å². The molecule has 0 N–H and O–H groups in total. The molecule has 4 nitrogen and oxygen atoms in total. The zero-order valence-corrected chi connectivity index (χ0v) is 22.1. The molecule has 0 aliphatic carbocycles. The minimum Gasteiger partial charge on any atom is -0.330 e. The maximum Gasteiger partial charge on any atom is 0.247 e. The van der Waals surface area contributed by atoms with Gasteiger partial charge in [-0.25, -0.2) is 0 Å². The molecule has 36 heavy (non-hydrogen) atoms. The lowest BCUT2D eigenvalue weighted by atomic mass is 9.85. The van der Waals surface area contributed by atoms with Gasteiger partial charge in [-0.3, -0.25) is 9.59 Å². The van der Waals surface area contributed by atoms with Crippen LogP contribution in [0.4, 0.5) is 0 Å². The number of nitrogens with zero attached hydrogens (tertiary/aromatic N) is 2. The average molecular weight is 499 g/mol. The van der Waals surface area contributed by atoms with E-state index in [2.05, 4.69) is 63.1 Å². The number of thiophene rings is 1. The third-order valence-corrected chi connectivity index (χ3v) is 7.58. The smallest absolute Gasteiger partial charge is 0.247 e. The Balaban J connectivity index is 1.57. The lowest BCUT2D eigenvalue weighted by molar-refractivity contribution is -0.139. The summed E-state index contributed by atoms with van der Waals surface area (Å²) in [6.45, 7) is 11.4. The fraction of sp³-hybridized carbons (Fsp3) is 0.290. The molecule has 0 bridgehead atoms. The molecule has 2 heterocycles. The Bertz CT molecular complexity index is 1240. The van der Waals surface area contributed by atoms with Gasteiger partial charge in [0.15, 0.2) is 0 Å². The Hall–Kier alpha value is -3.44. The van der Waals surface area contributed by atoms with Crippen LogP contribution in [0.25, 0.3) is 6.08 Å². The van der Waals surface area contributed by atoms with Crippen LogP contribution >= 0.6 is 11.3 Å². The van der Waals surface area contributed by atoms with Crippen molar-refractivity contribution in [2.75, 3.05) is 19.6 Å². The van der Waals surface area contributed by atoms with Gasteiger partial charge in [0.2, 0.25) is 11.8 Å². The zero-order valence-electron chi connectivity index (χ0n) is 21.3. The summed E-state index contributed by atoms with van der Waals surface area (Å²) in [5.41, 5.74) is 4.55. The highest BCUT2D eigenvalue weighted by molar-refractivity contribution is 7.10. The number of carbonyl (C=O) groups excluding carboxylic acids is 2. The Labute approximate surface area is 218 Å². The largest absolute Gasteiger partial charge is 0.330 e. The normalized spacial score (nSPS) is 15.5. The van der Waals surface area contributed by atoms with Crippen LogP contribution in [0, 0.1) is 0 Å². The Morgan fingerprint density at radius 1 is 1.08 bits per heavy atom. The van der Waals surface area contributed by atoms with Crippen molar-refractivity contribution < 1.29 is 9.59 Å². The van der Waals surface area contributed by atoms with Crippen LogP contribution in [0.5, 0.6) is 0 Å². The molecule has 3 aromatic rings. The summed E-state index contributed by atoms with van der Waals surface area (Å²) in [7, 11) is 0. The standard InChI is InChI=1S/C31H34N2O2S/c1-5-19-32(28(34)16-11-23-9-7-6-8-10-23)22-29(35)33-20-17-27-26(18-21-36-27)30(33)24-12-14-25(15-13-24)31(2,3)4/h5-16,18,21,30H,1,17,19-20,22H2,2-4H3/b16-11+/t30-/m1/s1. The first kappa shape index (κ1) is 25.6. The lowest BCUT2D eigenvalue weighted by Crippen LogP contribution is -2.46. The van der Waals surface area contributed by atoms with E-state index >= 15 is 0 Å². The van der Waals surface area contributed by atoms with E-state index in [9.17, 15) is 9.59 Å². The number of amides is 2. The van der Waals surface area contributed by atoms with Crippen LogP contribution in [0.3, 0.4) is 0 Å². The predicted molar refractivity (Wildman–Crippen MR) is 149 cm³/mol. The highest BCUT2D eigenvalue weighted by atomic mass is 32.1. The Morgan fingerprint density at radius 3 is 2.47 bits per heavy atom. The Kier molecular flexibility index (Phi) is 7.90. The molecule has 0 spiro atoms. The summed E-state index contributed by atoms with van der Waals surface area (Å²) in [4.78, 5) is 31.5. The molecule has 0 saturated heterocycles. The fourth-order valence-corrected chi connectivity index (χ4v) is 5.49. The average Bonchev–Trinajstić information content (AvgIpc) is 3.35. The second kappa shape index (κ2) is 11.1. The van der Waals surface area contributed by atoms with Crippen molar-refractivity contribution in [1.29, 1.82) is 0 Å². The van der Waals surface area contributed by atoms with Crippen molar-refractivity contribution in [2.45, 2.75) is 38.6 Å². The molecule has 1 aromatic heterocycles. The fourth-order valence-electron chi connectivity index (χ4n) is 4.59. The van der Waals surface area contributed by atoms with Crippen LogP contribution in [0.2, 0.25) is 0 Å². The van der Waals surface area contributed by atoms with Crippen LogP contribution in [0.1, 0.15) is 53.9 Å². The first-order valence-electron chi connectivity index (χ1n) is 12.4. The van der Waals surface area contributed by atoms with E-state index in [-0.39, 0.29) is 29.8 Å². The summed E-state index contributed by atoms with van der Waals surface area (Å²) in [6.07, 6.45) is 5.80. The summed E-state index contributed by atoms with van der Waals surface area (Å²) >= 11 is 1.75. The van der Waals surface area contributed by atoms with Crippen LogP contribution in [-0.2, 0) is 21.4 Å². The predicted octanol–water partition coefficient (Wildman–Crippen LogP) is 6.25. The van der Waals surface area contributed by atoms with Gasteiger partial charge in [0.25, 0.3) is 0 Å². The van der Waals surface area contributed by atoms with E-state index in [0.717, 1.165) is 17.5 Å². The van der Waals surface area contributed by atoms with E-state index in [4.69, 9.17) is 0 Å². The molecule has 0 fully saturated rings. The third-order valence-electron chi connectivity index (χ3n) is 6.58. The quantitative estimate of drug-likeness (QED) is 0.285. The molecule has 1 aliphatic heterocycles. The molecule has 186 valence electrons. The van der Waals surface area contributed by atoms with Gasteiger partial charge < -0.3 is 9.80 Å². The van der Waals surface area contributed by atoms with Gasteiger partial charge in [-0.15, -0.1) is 17.9 Å². The van der Waals surface area contributed by atoms with E-state index in [1.165, 1.54) is 22.1 Å². The summed E-state index contributed by atoms with van der Waals surface area (Å²) in [6, 6.07) is 20.3. The highest BCUT2D eigenvalue weighted by Gasteiger charge is 2.33. The first-order chi connectivity index (χ1) is 17.3. The molecular formula is C31H34N2O2S. The summed E-state index contributed by atoms with van der Waals surface area (Å²) in [5.74, 6) is -0.258. The third kappa shape index (κ3) is 5.85. The molecule has 0 radical (unpaired) electrons. The van der Waals surface area contributed by atoms with Crippen LogP contribution in [0.15, 0.2) is 84.8 Å². The lowest BCUT2D eigenvalue weighted by Gasteiger charge is -2.37. The molecule has 1 atom stereocenters. The van der Waals surface area contributed by atoms with E-state index in [0.29, 0.717) is 13.1 Å². The molecular weight excluding hydrogens is 464 g/mol. The van der Waals surface area contributed by atoms with Gasteiger partial charge in [-0.05, 0) is 51.6 Å². The summed E-state index contributed by atoms with van der Waals surface area (Å²) < 4.78 is 0. The van der Waals surface area contributed by atoms with Crippen molar-refractivity contribution in [3.8, 4) is 0 Å². The van der Waals surface area contributed by atoms with Crippen molar-refractivity contribution in [3.63, 3.8) is 0 Å². The number of carbonyl (C=O) groups is 2. The number of hydrogen-bond acceptors (Lipinski definition) is 3. The van der Waals surface area contributed by atoms with Crippen molar-refractivity contribution >= 4 is 29.2 Å². The highest BCUT2D eigenvalue weighted by Crippen LogP contribution is 2.38. The van der Waals surface area contributed by atoms with Crippen LogP contribution < -0.4 is 0 Å². The number of rotatable bonds is 7. The van der Waals surface area contributed by atoms with Gasteiger partial charge in [0.1, 0.15) is 6.54 Å².